The number of allylic oxidation sites excluding steroid dienone is 1. The molecule has 178 valence electrons. The normalized spacial score (nSPS) is 26.9. The first kappa shape index (κ1) is 22.8. The molecule has 1 aromatic heterocycles. The molecule has 2 N–H and O–H groups in total. The van der Waals surface area contributed by atoms with Gasteiger partial charge in [0.25, 0.3) is 0 Å². The molecule has 2 aliphatic heterocycles. The Bertz CT molecular complexity index is 1150. The molecule has 2 fully saturated rings. The molecule has 4 atom stereocenters. The van der Waals surface area contributed by atoms with Crippen molar-refractivity contribution in [2.45, 2.75) is 32.0 Å². The van der Waals surface area contributed by atoms with Gasteiger partial charge in [0.05, 0.1) is 31.2 Å². The maximum absolute atomic E-state index is 12.8. The molecule has 0 radical (unpaired) electrons. The van der Waals surface area contributed by atoms with Crippen molar-refractivity contribution >= 4 is 23.5 Å². The van der Waals surface area contributed by atoms with E-state index in [0.717, 1.165) is 22.3 Å². The predicted octanol–water partition coefficient (Wildman–Crippen LogP) is 3.03. The SMILES string of the molecule is CN1C(=O)[C@@H]2[C@@H](CC(CO)=C3[C@@H](CC/C(=C/c4ccc(CO)o4)c4ccccc4)OC[C@@H]32)C1=O. The standard InChI is InChI=1S/C27H29NO6/c1-28-26(31)21-12-18(13-29)24-22(25(21)27(28)32)15-33-23(24)10-7-17(16-5-3-2-4-6-16)11-19-8-9-20(14-30)34-19/h2-6,8-9,11,21-23,25,29-30H,7,10,12-15H2,1H3/b17-11-/t21-,22+,23-,25-/m1/s1. The number of hydrogen-bond donors (Lipinski definition) is 2. The fourth-order valence-corrected chi connectivity index (χ4v) is 5.74. The van der Waals surface area contributed by atoms with Crippen molar-refractivity contribution in [1.29, 1.82) is 0 Å². The van der Waals surface area contributed by atoms with Crippen LogP contribution in [-0.2, 0) is 20.9 Å². The maximum Gasteiger partial charge on any atom is 0.233 e. The third-order valence-electron chi connectivity index (χ3n) is 7.39. The number of aliphatic hydroxyl groups is 2. The highest BCUT2D eigenvalue weighted by Gasteiger charge is 2.55. The zero-order valence-corrected chi connectivity index (χ0v) is 19.1. The molecule has 7 nitrogen and oxygen atoms in total. The number of rotatable bonds is 7. The number of aliphatic hydroxyl groups excluding tert-OH is 2. The van der Waals surface area contributed by atoms with Crippen LogP contribution in [0.2, 0.25) is 0 Å². The highest BCUT2D eigenvalue weighted by atomic mass is 16.5. The van der Waals surface area contributed by atoms with Gasteiger partial charge in [0.15, 0.2) is 0 Å². The first-order valence-corrected chi connectivity index (χ1v) is 11.7. The lowest BCUT2D eigenvalue weighted by Gasteiger charge is -2.31. The van der Waals surface area contributed by atoms with Crippen LogP contribution < -0.4 is 0 Å². The van der Waals surface area contributed by atoms with E-state index in [-0.39, 0.29) is 37.0 Å². The second-order valence-electron chi connectivity index (χ2n) is 9.25. The third kappa shape index (κ3) is 3.94. The summed E-state index contributed by atoms with van der Waals surface area (Å²) in [5, 5.41) is 19.4. The van der Waals surface area contributed by atoms with Crippen molar-refractivity contribution in [3.05, 3.63) is 70.7 Å². The molecule has 0 unspecified atom stereocenters. The van der Waals surface area contributed by atoms with Crippen LogP contribution in [0, 0.1) is 17.8 Å². The van der Waals surface area contributed by atoms with Gasteiger partial charge in [-0.3, -0.25) is 14.5 Å². The molecule has 2 amide bonds. The second-order valence-corrected chi connectivity index (χ2v) is 9.25. The fourth-order valence-electron chi connectivity index (χ4n) is 5.74. The van der Waals surface area contributed by atoms with Gasteiger partial charge in [-0.2, -0.15) is 0 Å². The van der Waals surface area contributed by atoms with E-state index < -0.39 is 11.8 Å². The summed E-state index contributed by atoms with van der Waals surface area (Å²) in [5.74, 6) is -0.0572. The van der Waals surface area contributed by atoms with Crippen LogP contribution in [-0.4, -0.2) is 53.3 Å². The van der Waals surface area contributed by atoms with Gasteiger partial charge in [0, 0.05) is 13.0 Å². The first-order valence-electron chi connectivity index (χ1n) is 11.7. The lowest BCUT2D eigenvalue weighted by molar-refractivity contribution is -0.138. The lowest BCUT2D eigenvalue weighted by atomic mass is 9.69. The number of likely N-dealkylation sites (tertiary alicyclic amines) is 1. The maximum atomic E-state index is 12.8. The molecule has 34 heavy (non-hydrogen) atoms. The topological polar surface area (TPSA) is 100 Å². The van der Waals surface area contributed by atoms with Gasteiger partial charge in [-0.05, 0) is 59.8 Å². The smallest absolute Gasteiger partial charge is 0.233 e. The van der Waals surface area contributed by atoms with E-state index in [2.05, 4.69) is 0 Å². The zero-order valence-electron chi connectivity index (χ0n) is 19.1. The van der Waals surface area contributed by atoms with Gasteiger partial charge >= 0.3 is 0 Å². The van der Waals surface area contributed by atoms with Crippen LogP contribution >= 0.6 is 0 Å². The van der Waals surface area contributed by atoms with Crippen molar-refractivity contribution in [3.63, 3.8) is 0 Å². The average molecular weight is 464 g/mol. The van der Waals surface area contributed by atoms with E-state index in [1.165, 1.54) is 4.90 Å². The molecule has 7 heteroatoms. The van der Waals surface area contributed by atoms with E-state index in [0.29, 0.717) is 37.4 Å². The molecule has 1 aliphatic carbocycles. The highest BCUT2D eigenvalue weighted by Crippen LogP contribution is 2.49. The Morgan fingerprint density at radius 2 is 1.85 bits per heavy atom. The quantitative estimate of drug-likeness (QED) is 0.484. The molecule has 1 aromatic carbocycles. The molecule has 3 aliphatic rings. The summed E-state index contributed by atoms with van der Waals surface area (Å²) in [5.41, 5.74) is 3.98. The number of carbonyl (C=O) groups is 2. The summed E-state index contributed by atoms with van der Waals surface area (Å²) in [6, 6.07) is 13.6. The Morgan fingerprint density at radius 3 is 2.56 bits per heavy atom. The van der Waals surface area contributed by atoms with E-state index in [9.17, 15) is 19.8 Å². The van der Waals surface area contributed by atoms with Gasteiger partial charge in [-0.15, -0.1) is 0 Å². The zero-order chi connectivity index (χ0) is 23.8. The number of benzene rings is 1. The van der Waals surface area contributed by atoms with Crippen LogP contribution in [0.5, 0.6) is 0 Å². The molecule has 5 rings (SSSR count). The average Bonchev–Trinajstić information content (AvgIpc) is 3.56. The van der Waals surface area contributed by atoms with E-state index in [1.54, 1.807) is 13.1 Å². The summed E-state index contributed by atoms with van der Waals surface area (Å²) in [6.07, 6.45) is 3.56. The minimum absolute atomic E-state index is 0.127. The number of imide groups is 1. The van der Waals surface area contributed by atoms with Crippen molar-refractivity contribution in [2.24, 2.45) is 17.8 Å². The lowest BCUT2D eigenvalue weighted by Crippen LogP contribution is -2.34. The van der Waals surface area contributed by atoms with Gasteiger partial charge in [-0.25, -0.2) is 0 Å². The minimum atomic E-state index is -0.393. The molecule has 2 saturated heterocycles. The Balaban J connectivity index is 1.40. The monoisotopic (exact) mass is 463 g/mol. The van der Waals surface area contributed by atoms with Crippen LogP contribution in [0.4, 0.5) is 0 Å². The van der Waals surface area contributed by atoms with E-state index >= 15 is 0 Å². The molecule has 0 spiro atoms. The largest absolute Gasteiger partial charge is 0.459 e. The summed E-state index contributed by atoms with van der Waals surface area (Å²) in [7, 11) is 1.54. The van der Waals surface area contributed by atoms with Crippen LogP contribution in [0.25, 0.3) is 11.6 Å². The van der Waals surface area contributed by atoms with Crippen LogP contribution in [0.3, 0.4) is 0 Å². The summed E-state index contributed by atoms with van der Waals surface area (Å²) >= 11 is 0. The molecule has 3 heterocycles. The Hall–Kier alpha value is -3.00. The van der Waals surface area contributed by atoms with Gasteiger partial charge in [-0.1, -0.05) is 30.3 Å². The first-order chi connectivity index (χ1) is 16.5. The van der Waals surface area contributed by atoms with E-state index in [4.69, 9.17) is 9.15 Å². The number of furan rings is 1. The number of amides is 2. The molecule has 0 bridgehead atoms. The second kappa shape index (κ2) is 9.33. The van der Waals surface area contributed by atoms with Crippen molar-refractivity contribution < 1.29 is 29.0 Å². The summed E-state index contributed by atoms with van der Waals surface area (Å²) in [4.78, 5) is 26.6. The highest BCUT2D eigenvalue weighted by molar-refractivity contribution is 6.05. The number of hydrogen-bond acceptors (Lipinski definition) is 6. The van der Waals surface area contributed by atoms with Crippen LogP contribution in [0.1, 0.15) is 36.3 Å². The van der Waals surface area contributed by atoms with Crippen molar-refractivity contribution in [3.8, 4) is 0 Å². The summed E-state index contributed by atoms with van der Waals surface area (Å²) in [6.45, 7) is 0.111. The number of carbonyl (C=O) groups excluding carboxylic acids is 2. The molecular weight excluding hydrogens is 434 g/mol. The molecular formula is C27H29NO6. The van der Waals surface area contributed by atoms with Crippen LogP contribution in [0.15, 0.2) is 58.0 Å². The Kier molecular flexibility index (Phi) is 6.25. The molecule has 0 saturated carbocycles. The third-order valence-corrected chi connectivity index (χ3v) is 7.39. The number of fused-ring (bicyclic) bond motifs is 3. The Labute approximate surface area is 198 Å². The van der Waals surface area contributed by atoms with Gasteiger partial charge in [0.1, 0.15) is 18.1 Å². The molecule has 2 aromatic rings. The van der Waals surface area contributed by atoms with Gasteiger partial charge < -0.3 is 19.4 Å². The predicted molar refractivity (Wildman–Crippen MR) is 125 cm³/mol. The van der Waals surface area contributed by atoms with Gasteiger partial charge in [0.2, 0.25) is 11.8 Å². The fraction of sp³-hybridized carbons (Fsp3) is 0.407. The number of ether oxygens (including phenoxy) is 1. The minimum Gasteiger partial charge on any atom is -0.459 e. The Morgan fingerprint density at radius 1 is 1.06 bits per heavy atom. The van der Waals surface area contributed by atoms with Crippen molar-refractivity contribution in [2.75, 3.05) is 20.3 Å². The van der Waals surface area contributed by atoms with Crippen molar-refractivity contribution in [1.82, 2.24) is 4.90 Å². The summed E-state index contributed by atoms with van der Waals surface area (Å²) < 4.78 is 11.9. The number of nitrogens with zero attached hydrogens (tertiary/aromatic N) is 1. The van der Waals surface area contributed by atoms with E-state index in [1.807, 2.05) is 42.5 Å².